The molecule has 0 radical (unpaired) electrons. The third-order valence-electron chi connectivity index (χ3n) is 8.25. The summed E-state index contributed by atoms with van der Waals surface area (Å²) in [5, 5.41) is 0. The van der Waals surface area contributed by atoms with E-state index in [-0.39, 0.29) is 50.2 Å². The lowest BCUT2D eigenvalue weighted by Crippen LogP contribution is -2.39. The Morgan fingerprint density at radius 2 is 1.49 bits per heavy atom. The van der Waals surface area contributed by atoms with E-state index in [1.54, 1.807) is 13.8 Å². The number of Topliss-reactive ketones (excluding diaryl/α,β-unsaturated/α-hetero) is 1. The molecule has 0 bridgehead atoms. The minimum absolute atomic E-state index is 0.00413. The van der Waals surface area contributed by atoms with Crippen molar-refractivity contribution < 1.29 is 33.4 Å². The van der Waals surface area contributed by atoms with E-state index in [1.807, 2.05) is 68.5 Å². The molecule has 2 atom stereocenters. The molecule has 2 aliphatic rings. The van der Waals surface area contributed by atoms with Crippen molar-refractivity contribution in [2.45, 2.75) is 77.1 Å². The van der Waals surface area contributed by atoms with Crippen molar-refractivity contribution in [2.24, 2.45) is 0 Å². The fourth-order valence-electron chi connectivity index (χ4n) is 5.16. The molecule has 2 aromatic carbocycles. The van der Waals surface area contributed by atoms with E-state index >= 15 is 0 Å². The van der Waals surface area contributed by atoms with E-state index < -0.39 is 23.3 Å². The number of hydrogen-bond acceptors (Lipinski definition) is 7. The number of amides is 2. The number of nitrogens with zero attached hydrogens (tertiary/aromatic N) is 1. The lowest BCUT2D eigenvalue weighted by molar-refractivity contribution is -0.153. The molecule has 43 heavy (non-hydrogen) atoms. The van der Waals surface area contributed by atoms with Crippen LogP contribution in [-0.4, -0.2) is 59.4 Å². The second-order valence-corrected chi connectivity index (χ2v) is 11.7. The Hall–Kier alpha value is -3.88. The third kappa shape index (κ3) is 8.36. The minimum atomic E-state index is -1.09. The van der Waals surface area contributed by atoms with Crippen molar-refractivity contribution in [3.8, 4) is 0 Å². The molecule has 0 spiro atoms. The van der Waals surface area contributed by atoms with Gasteiger partial charge in [-0.05, 0) is 55.9 Å². The zero-order valence-electron chi connectivity index (χ0n) is 25.5. The van der Waals surface area contributed by atoms with Crippen molar-refractivity contribution in [3.05, 3.63) is 82.9 Å². The van der Waals surface area contributed by atoms with Gasteiger partial charge in [0.1, 0.15) is 11.7 Å². The fourth-order valence-corrected chi connectivity index (χ4v) is 5.16. The van der Waals surface area contributed by atoms with Crippen LogP contribution in [0.4, 0.5) is 0 Å². The lowest BCUT2D eigenvalue weighted by Gasteiger charge is -2.31. The summed E-state index contributed by atoms with van der Waals surface area (Å²) in [4.78, 5) is 50.7. The molecule has 2 amide bonds. The van der Waals surface area contributed by atoms with Crippen LogP contribution >= 0.6 is 0 Å². The number of rotatable bonds is 14. The van der Waals surface area contributed by atoms with Gasteiger partial charge in [0.25, 0.3) is 11.8 Å². The maximum Gasteiger partial charge on any atom is 0.306 e. The molecule has 0 saturated heterocycles. The van der Waals surface area contributed by atoms with E-state index in [0.29, 0.717) is 19.3 Å². The van der Waals surface area contributed by atoms with Crippen LogP contribution in [0.15, 0.2) is 60.7 Å². The molecule has 0 N–H and O–H groups in total. The van der Waals surface area contributed by atoms with Gasteiger partial charge in [0.2, 0.25) is 0 Å². The predicted molar refractivity (Wildman–Crippen MR) is 164 cm³/mol. The smallest absolute Gasteiger partial charge is 0.306 e. The highest BCUT2D eigenvalue weighted by atomic mass is 16.5. The van der Waals surface area contributed by atoms with Gasteiger partial charge in [-0.1, -0.05) is 67.6 Å². The first kappa shape index (κ1) is 32.0. The molecular weight excluding hydrogens is 546 g/mol. The van der Waals surface area contributed by atoms with E-state index in [4.69, 9.17) is 14.2 Å². The van der Waals surface area contributed by atoms with Crippen molar-refractivity contribution in [3.63, 3.8) is 0 Å². The molecular formula is C35H41NO7. The van der Waals surface area contributed by atoms with Crippen molar-refractivity contribution >= 4 is 35.7 Å². The fraction of sp³-hybridized carbons (Fsp3) is 0.429. The summed E-state index contributed by atoms with van der Waals surface area (Å²) in [6.07, 6.45) is 7.87. The normalized spacial score (nSPS) is 18.3. The van der Waals surface area contributed by atoms with Gasteiger partial charge in [-0.2, -0.15) is 0 Å². The Labute approximate surface area is 253 Å². The largest absolute Gasteiger partial charge is 0.457 e. The van der Waals surface area contributed by atoms with Gasteiger partial charge in [0.05, 0.1) is 31.8 Å². The molecule has 0 saturated carbocycles. The maximum atomic E-state index is 13.1. The van der Waals surface area contributed by atoms with Gasteiger partial charge in [-0.3, -0.25) is 24.1 Å². The first-order chi connectivity index (χ1) is 20.5. The van der Waals surface area contributed by atoms with E-state index in [0.717, 1.165) is 27.2 Å². The lowest BCUT2D eigenvalue weighted by atomic mass is 9.91. The highest BCUT2D eigenvalue weighted by molar-refractivity contribution is 6.12. The summed E-state index contributed by atoms with van der Waals surface area (Å²) in [5.41, 5.74) is 2.47. The number of hydrogen-bond donors (Lipinski definition) is 0. The Morgan fingerprint density at radius 1 is 0.837 bits per heavy atom. The van der Waals surface area contributed by atoms with Crippen LogP contribution in [0.3, 0.4) is 0 Å². The number of carbonyl (C=O) groups excluding carboxylic acids is 4. The number of ketones is 1. The summed E-state index contributed by atoms with van der Waals surface area (Å²) in [6.45, 7) is 7.99. The number of benzene rings is 2. The van der Waals surface area contributed by atoms with E-state index in [9.17, 15) is 19.2 Å². The molecule has 228 valence electrons. The number of esters is 1. The van der Waals surface area contributed by atoms with Crippen molar-refractivity contribution in [2.75, 3.05) is 19.8 Å². The van der Waals surface area contributed by atoms with Crippen molar-refractivity contribution in [1.29, 1.82) is 0 Å². The number of imide groups is 1. The Morgan fingerprint density at radius 3 is 2.21 bits per heavy atom. The van der Waals surface area contributed by atoms with Crippen LogP contribution in [0, 0.1) is 0 Å². The van der Waals surface area contributed by atoms with Gasteiger partial charge in [-0.15, -0.1) is 0 Å². The Balaban J connectivity index is 1.26. The molecule has 0 fully saturated rings. The van der Waals surface area contributed by atoms with Gasteiger partial charge in [0.15, 0.2) is 5.78 Å². The molecule has 4 rings (SSSR count). The SMILES string of the molecule is CCC(C)(CCOC(C)(C)C(=O)CCC(=O)OC1Cc2ccccc2/C=C\c2ccccc21)OCCN1C(=O)C=CC1=O. The van der Waals surface area contributed by atoms with Gasteiger partial charge >= 0.3 is 5.97 Å². The van der Waals surface area contributed by atoms with Crippen LogP contribution in [0.1, 0.15) is 81.7 Å². The van der Waals surface area contributed by atoms with E-state index in [1.165, 1.54) is 12.2 Å². The monoisotopic (exact) mass is 587 g/mol. The van der Waals surface area contributed by atoms with Crippen LogP contribution in [0.5, 0.6) is 0 Å². The number of ether oxygens (including phenoxy) is 3. The Kier molecular flexibility index (Phi) is 10.5. The summed E-state index contributed by atoms with van der Waals surface area (Å²) in [5.74, 6) is -1.29. The molecule has 2 aromatic rings. The van der Waals surface area contributed by atoms with E-state index in [2.05, 4.69) is 6.08 Å². The van der Waals surface area contributed by atoms with Crippen molar-refractivity contribution in [1.82, 2.24) is 4.90 Å². The maximum absolute atomic E-state index is 13.1. The third-order valence-corrected chi connectivity index (χ3v) is 8.25. The second kappa shape index (κ2) is 14.1. The average Bonchev–Trinajstić information content (AvgIpc) is 3.30. The first-order valence-corrected chi connectivity index (χ1v) is 14.9. The second-order valence-electron chi connectivity index (χ2n) is 11.7. The summed E-state index contributed by atoms with van der Waals surface area (Å²) in [7, 11) is 0. The standard InChI is InChI=1S/C35H41NO7/c1-5-35(4,42-23-21-36-31(38)17-18-32(36)39)20-22-41-34(2,3)30(37)16-19-33(40)43-29-24-27-12-7-6-10-25(27)14-15-26-11-8-9-13-28(26)29/h6-15,17-18,29H,5,16,19-24H2,1-4H3/b15-14-. The average molecular weight is 588 g/mol. The highest BCUT2D eigenvalue weighted by Crippen LogP contribution is 2.32. The first-order valence-electron chi connectivity index (χ1n) is 14.9. The zero-order valence-corrected chi connectivity index (χ0v) is 25.5. The van der Waals surface area contributed by atoms with Crippen LogP contribution < -0.4 is 0 Å². The molecule has 8 heteroatoms. The quantitative estimate of drug-likeness (QED) is 0.208. The van der Waals surface area contributed by atoms with Gasteiger partial charge < -0.3 is 14.2 Å². The van der Waals surface area contributed by atoms with Gasteiger partial charge in [0, 0.05) is 25.0 Å². The molecule has 8 nitrogen and oxygen atoms in total. The molecule has 1 aliphatic carbocycles. The molecule has 1 aliphatic heterocycles. The minimum Gasteiger partial charge on any atom is -0.457 e. The molecule has 0 aromatic heterocycles. The van der Waals surface area contributed by atoms with Crippen LogP contribution in [0.25, 0.3) is 12.2 Å². The topological polar surface area (TPSA) is 99.2 Å². The summed E-state index contributed by atoms with van der Waals surface area (Å²) >= 11 is 0. The predicted octanol–water partition coefficient (Wildman–Crippen LogP) is 5.64. The number of carbonyl (C=O) groups is 4. The van der Waals surface area contributed by atoms with Crippen LogP contribution in [-0.2, 0) is 39.8 Å². The zero-order chi connectivity index (χ0) is 31.0. The molecule has 1 heterocycles. The van der Waals surface area contributed by atoms with Gasteiger partial charge in [-0.25, -0.2) is 0 Å². The summed E-state index contributed by atoms with van der Waals surface area (Å²) < 4.78 is 18.0. The van der Waals surface area contributed by atoms with Crippen LogP contribution in [0.2, 0.25) is 0 Å². The summed E-state index contributed by atoms with van der Waals surface area (Å²) in [6, 6.07) is 15.9. The Bertz CT molecular complexity index is 1390. The molecule has 2 unspecified atom stereocenters. The number of fused-ring (bicyclic) bond motifs is 2. The highest BCUT2D eigenvalue weighted by Gasteiger charge is 2.32.